The number of carbonyl (C=O) groups is 4. The third-order valence-electron chi connectivity index (χ3n) is 15.0. The van der Waals surface area contributed by atoms with E-state index in [1.807, 2.05) is 0 Å². The average molecular weight is 1240 g/mol. The second kappa shape index (κ2) is 57.5. The molecule has 0 rings (SSSR count). The molecule has 0 amide bonds. The van der Waals surface area contributed by atoms with Crippen molar-refractivity contribution in [1.82, 2.24) is 0 Å². The van der Waals surface area contributed by atoms with Crippen LogP contribution in [0.3, 0.4) is 0 Å². The highest BCUT2D eigenvalue weighted by atomic mass is 31.2. The Labute approximate surface area is 511 Å². The van der Waals surface area contributed by atoms with Crippen LogP contribution in [0.25, 0.3) is 0 Å². The van der Waals surface area contributed by atoms with E-state index in [2.05, 4.69) is 41.5 Å². The predicted octanol–water partition coefficient (Wildman–Crippen LogP) is 18.0. The first-order valence-electron chi connectivity index (χ1n) is 34.0. The highest BCUT2D eigenvalue weighted by Gasteiger charge is 2.30. The maximum Gasteiger partial charge on any atom is 0.472 e. The Morgan fingerprint density at radius 1 is 0.321 bits per heavy atom. The molecule has 0 saturated carbocycles. The molecule has 0 aromatic rings. The minimum atomic E-state index is -4.95. The van der Waals surface area contributed by atoms with Gasteiger partial charge in [-0.1, -0.05) is 273 Å². The van der Waals surface area contributed by atoms with Gasteiger partial charge < -0.3 is 33.8 Å². The molecule has 5 atom stereocenters. The molecule has 0 saturated heterocycles. The van der Waals surface area contributed by atoms with Gasteiger partial charge in [0.1, 0.15) is 19.3 Å². The van der Waals surface area contributed by atoms with Gasteiger partial charge in [0.15, 0.2) is 12.2 Å². The average Bonchev–Trinajstić information content (AvgIpc) is 3.50. The van der Waals surface area contributed by atoms with E-state index < -0.39 is 97.5 Å². The number of phosphoric acid groups is 2. The van der Waals surface area contributed by atoms with E-state index in [-0.39, 0.29) is 25.7 Å². The van der Waals surface area contributed by atoms with Crippen molar-refractivity contribution in [2.75, 3.05) is 39.6 Å². The molecular formula is C65H126O17P2. The second-order valence-corrected chi connectivity index (χ2v) is 27.4. The number of aliphatic hydroxyl groups is 1. The van der Waals surface area contributed by atoms with Gasteiger partial charge >= 0.3 is 39.5 Å². The number of phosphoric ester groups is 2. The van der Waals surface area contributed by atoms with Gasteiger partial charge in [0.05, 0.1) is 26.4 Å². The Morgan fingerprint density at radius 2 is 0.548 bits per heavy atom. The van der Waals surface area contributed by atoms with E-state index >= 15 is 0 Å². The topological polar surface area (TPSA) is 237 Å². The summed E-state index contributed by atoms with van der Waals surface area (Å²) in [5, 5.41) is 10.5. The van der Waals surface area contributed by atoms with Crippen LogP contribution in [0.15, 0.2) is 0 Å². The molecule has 84 heavy (non-hydrogen) atoms. The van der Waals surface area contributed by atoms with Crippen LogP contribution in [0.5, 0.6) is 0 Å². The molecule has 3 N–H and O–H groups in total. The van der Waals surface area contributed by atoms with Crippen LogP contribution in [-0.2, 0) is 65.4 Å². The van der Waals surface area contributed by atoms with Crippen molar-refractivity contribution in [3.05, 3.63) is 0 Å². The van der Waals surface area contributed by atoms with Crippen LogP contribution >= 0.6 is 15.6 Å². The van der Waals surface area contributed by atoms with Crippen molar-refractivity contribution in [2.45, 2.75) is 342 Å². The Morgan fingerprint density at radius 3 is 0.810 bits per heavy atom. The van der Waals surface area contributed by atoms with Crippen LogP contribution in [-0.4, -0.2) is 96.7 Å². The van der Waals surface area contributed by atoms with Crippen LogP contribution in [0.4, 0.5) is 0 Å². The molecule has 19 heteroatoms. The Bertz CT molecular complexity index is 1650. The third kappa shape index (κ3) is 59.0. The number of rotatable bonds is 64. The molecule has 17 nitrogen and oxygen atoms in total. The van der Waals surface area contributed by atoms with Gasteiger partial charge in [0, 0.05) is 25.7 Å². The molecule has 0 aliphatic carbocycles. The Balaban J connectivity index is 5.24. The van der Waals surface area contributed by atoms with Gasteiger partial charge in [-0.05, 0) is 37.5 Å². The second-order valence-electron chi connectivity index (χ2n) is 24.5. The quantitative estimate of drug-likeness (QED) is 0.0222. The largest absolute Gasteiger partial charge is 0.472 e. The lowest BCUT2D eigenvalue weighted by Crippen LogP contribution is -2.30. The number of hydrogen-bond acceptors (Lipinski definition) is 15. The van der Waals surface area contributed by atoms with Crippen molar-refractivity contribution >= 4 is 39.5 Å². The monoisotopic (exact) mass is 1240 g/mol. The summed E-state index contributed by atoms with van der Waals surface area (Å²) in [6.07, 6.45) is 40.3. The van der Waals surface area contributed by atoms with Gasteiger partial charge in [-0.15, -0.1) is 0 Å². The smallest absolute Gasteiger partial charge is 0.462 e. The zero-order valence-electron chi connectivity index (χ0n) is 54.2. The highest BCUT2D eigenvalue weighted by molar-refractivity contribution is 7.47. The van der Waals surface area contributed by atoms with Crippen molar-refractivity contribution < 1.29 is 80.2 Å². The van der Waals surface area contributed by atoms with Gasteiger partial charge in [0.25, 0.3) is 0 Å². The van der Waals surface area contributed by atoms with Crippen molar-refractivity contribution in [3.63, 3.8) is 0 Å². The SMILES string of the molecule is CCCCCCCCCCCCCC(=O)OC[C@H](COP(=O)(O)OC[C@@H](O)COP(=O)(O)OC[C@@H](COC(=O)CCCCCCCCCCC)OC(=O)CCCCCCCCCC(C)C)OC(=O)CCCCCCCCCCCCCC(C)C. The first kappa shape index (κ1) is 82.1. The standard InChI is InChI=1S/C65H126O17P2/c1-7-9-11-13-15-17-19-24-30-36-42-48-63(68)76-53-60(81-64(69)49-43-37-31-25-21-18-20-23-27-33-39-45-57(3)4)55-79-83(71,72)77-51-59(66)52-78-84(73,74)80-56-61(54-75-62(67)47-41-35-29-22-16-14-12-10-8-2)82-65(70)50-44-38-32-26-28-34-40-46-58(5)6/h57-61,66H,7-56H2,1-6H3,(H,71,72)(H,73,74)/t59-,60-,61-/m1/s1. The summed E-state index contributed by atoms with van der Waals surface area (Å²) in [7, 11) is -9.89. The molecule has 2 unspecified atom stereocenters. The van der Waals surface area contributed by atoms with Crippen molar-refractivity contribution in [1.29, 1.82) is 0 Å². The molecule has 0 fully saturated rings. The summed E-state index contributed by atoms with van der Waals surface area (Å²) in [5.41, 5.74) is 0. The van der Waals surface area contributed by atoms with Crippen LogP contribution in [0.2, 0.25) is 0 Å². The first-order valence-corrected chi connectivity index (χ1v) is 37.0. The Hall–Kier alpha value is -1.94. The zero-order valence-corrected chi connectivity index (χ0v) is 56.0. The summed E-state index contributed by atoms with van der Waals surface area (Å²) in [6.45, 7) is 9.43. The number of aliphatic hydroxyl groups excluding tert-OH is 1. The molecule has 0 bridgehead atoms. The summed E-state index contributed by atoms with van der Waals surface area (Å²) in [6, 6.07) is 0. The third-order valence-corrected chi connectivity index (χ3v) is 16.9. The van der Waals surface area contributed by atoms with E-state index in [1.165, 1.54) is 141 Å². The summed E-state index contributed by atoms with van der Waals surface area (Å²) >= 11 is 0. The Kier molecular flexibility index (Phi) is 56.2. The number of unbranched alkanes of at least 4 members (excludes halogenated alkanes) is 34. The van der Waals surface area contributed by atoms with E-state index in [0.717, 1.165) is 95.8 Å². The van der Waals surface area contributed by atoms with Gasteiger partial charge in [0.2, 0.25) is 0 Å². The summed E-state index contributed by atoms with van der Waals surface area (Å²) in [4.78, 5) is 72.2. The van der Waals surface area contributed by atoms with Crippen LogP contribution in [0, 0.1) is 11.8 Å². The lowest BCUT2D eigenvalue weighted by molar-refractivity contribution is -0.161. The molecule has 0 radical (unpaired) electrons. The number of hydrogen-bond donors (Lipinski definition) is 3. The van der Waals surface area contributed by atoms with E-state index in [0.29, 0.717) is 31.6 Å². The maximum absolute atomic E-state index is 13.0. The molecule has 498 valence electrons. The number of carbonyl (C=O) groups excluding carboxylic acids is 4. The van der Waals surface area contributed by atoms with Gasteiger partial charge in [-0.2, -0.15) is 0 Å². The lowest BCUT2D eigenvalue weighted by Gasteiger charge is -2.21. The normalized spacial score (nSPS) is 14.3. The number of esters is 4. The van der Waals surface area contributed by atoms with E-state index in [1.54, 1.807) is 0 Å². The minimum Gasteiger partial charge on any atom is -0.462 e. The maximum atomic E-state index is 13.0. The lowest BCUT2D eigenvalue weighted by atomic mass is 10.0. The molecule has 0 aliphatic heterocycles. The fourth-order valence-electron chi connectivity index (χ4n) is 9.71. The van der Waals surface area contributed by atoms with E-state index in [4.69, 9.17) is 37.0 Å². The molecule has 0 spiro atoms. The minimum absolute atomic E-state index is 0.103. The van der Waals surface area contributed by atoms with Gasteiger partial charge in [-0.25, -0.2) is 9.13 Å². The van der Waals surface area contributed by atoms with Crippen LogP contribution < -0.4 is 0 Å². The summed E-state index contributed by atoms with van der Waals surface area (Å²) < 4.78 is 68.0. The number of ether oxygens (including phenoxy) is 4. The molecule has 0 aliphatic rings. The molecular weight excluding hydrogens is 1110 g/mol. The summed E-state index contributed by atoms with van der Waals surface area (Å²) in [5.74, 6) is -0.673. The fraction of sp³-hybridized carbons (Fsp3) is 0.938. The highest BCUT2D eigenvalue weighted by Crippen LogP contribution is 2.45. The van der Waals surface area contributed by atoms with Crippen molar-refractivity contribution in [3.8, 4) is 0 Å². The fourth-order valence-corrected chi connectivity index (χ4v) is 11.3. The first-order chi connectivity index (χ1) is 40.4. The predicted molar refractivity (Wildman–Crippen MR) is 335 cm³/mol. The molecule has 0 heterocycles. The molecule has 0 aromatic carbocycles. The van der Waals surface area contributed by atoms with Crippen LogP contribution in [0.1, 0.15) is 324 Å². The van der Waals surface area contributed by atoms with Crippen molar-refractivity contribution in [2.24, 2.45) is 11.8 Å². The van der Waals surface area contributed by atoms with E-state index in [9.17, 15) is 43.2 Å². The molecule has 0 aromatic heterocycles. The zero-order chi connectivity index (χ0) is 62.2. The van der Waals surface area contributed by atoms with Gasteiger partial charge in [-0.3, -0.25) is 37.3 Å².